The Morgan fingerprint density at radius 1 is 1.24 bits per heavy atom. The third-order valence-electron chi connectivity index (χ3n) is 2.69. The van der Waals surface area contributed by atoms with Crippen LogP contribution < -0.4 is 10.1 Å². The monoisotopic (exact) mass is 413 g/mol. The summed E-state index contributed by atoms with van der Waals surface area (Å²) >= 11 is 6.91. The Hall–Kier alpha value is -0.980. The Labute approximate surface area is 141 Å². The summed E-state index contributed by atoms with van der Waals surface area (Å²) in [5.74, 6) is 0.683. The van der Waals surface area contributed by atoms with Crippen LogP contribution in [0.15, 0.2) is 39.5 Å². The molecule has 2 rings (SSSR count). The normalized spacial score (nSPS) is 10.9. The molecular weight excluding hydrogens is 398 g/mol. The Bertz CT molecular complexity index is 605. The lowest BCUT2D eigenvalue weighted by atomic mass is 10.2. The third-order valence-corrected chi connectivity index (χ3v) is 3.81. The number of hydrogen-bond donors (Lipinski definition) is 1. The van der Waals surface area contributed by atoms with E-state index in [2.05, 4.69) is 47.1 Å². The van der Waals surface area contributed by atoms with E-state index in [1.54, 1.807) is 12.4 Å². The zero-order chi connectivity index (χ0) is 15.2. The summed E-state index contributed by atoms with van der Waals surface area (Å²) in [7, 11) is 0. The van der Waals surface area contributed by atoms with Crippen molar-refractivity contribution in [2.75, 3.05) is 0 Å². The summed E-state index contributed by atoms with van der Waals surface area (Å²) in [5, 5.41) is 3.36. The lowest BCUT2D eigenvalue weighted by Crippen LogP contribution is -2.16. The molecule has 0 bridgehead atoms. The molecule has 0 unspecified atom stereocenters. The van der Waals surface area contributed by atoms with Gasteiger partial charge in [-0.1, -0.05) is 6.07 Å². The van der Waals surface area contributed by atoms with Gasteiger partial charge in [0.25, 0.3) is 0 Å². The zero-order valence-electron chi connectivity index (χ0n) is 11.9. The predicted octanol–water partition coefficient (Wildman–Crippen LogP) is 4.08. The van der Waals surface area contributed by atoms with Gasteiger partial charge in [0, 0.05) is 40.0 Å². The van der Waals surface area contributed by atoms with Gasteiger partial charge < -0.3 is 10.1 Å². The average Bonchev–Trinajstić information content (AvgIpc) is 2.42. The van der Waals surface area contributed by atoms with Crippen molar-refractivity contribution in [3.05, 3.63) is 50.8 Å². The van der Waals surface area contributed by atoms with Gasteiger partial charge in [0.1, 0.15) is 0 Å². The summed E-state index contributed by atoms with van der Waals surface area (Å²) < 4.78 is 7.64. The van der Waals surface area contributed by atoms with Gasteiger partial charge in [-0.2, -0.15) is 0 Å². The molecule has 0 aliphatic carbocycles. The van der Waals surface area contributed by atoms with Crippen LogP contribution in [0, 0.1) is 0 Å². The van der Waals surface area contributed by atoms with Crippen LogP contribution in [-0.4, -0.2) is 16.1 Å². The lowest BCUT2D eigenvalue weighted by Gasteiger charge is -2.13. The van der Waals surface area contributed by atoms with E-state index in [4.69, 9.17) is 4.74 Å². The van der Waals surface area contributed by atoms with Crippen molar-refractivity contribution >= 4 is 31.9 Å². The first-order valence-electron chi connectivity index (χ1n) is 6.67. The van der Waals surface area contributed by atoms with E-state index in [0.717, 1.165) is 20.2 Å². The second-order valence-corrected chi connectivity index (χ2v) is 6.59. The number of pyridine rings is 2. The van der Waals surface area contributed by atoms with E-state index in [0.29, 0.717) is 19.0 Å². The average molecular weight is 415 g/mol. The van der Waals surface area contributed by atoms with E-state index in [1.807, 2.05) is 32.0 Å². The van der Waals surface area contributed by atoms with Gasteiger partial charge in [-0.15, -0.1) is 0 Å². The highest BCUT2D eigenvalue weighted by molar-refractivity contribution is 9.11. The SMILES string of the molecule is CC(C)Oc1ncccc1CNCc1ncc(Br)cc1Br. The molecule has 0 aliphatic rings. The summed E-state index contributed by atoms with van der Waals surface area (Å²) in [5.41, 5.74) is 2.01. The number of halogens is 2. The maximum absolute atomic E-state index is 5.71. The van der Waals surface area contributed by atoms with E-state index in [9.17, 15) is 0 Å². The van der Waals surface area contributed by atoms with Crippen molar-refractivity contribution in [3.63, 3.8) is 0 Å². The molecule has 112 valence electrons. The molecule has 0 amide bonds. The zero-order valence-corrected chi connectivity index (χ0v) is 15.1. The van der Waals surface area contributed by atoms with Crippen LogP contribution in [0.2, 0.25) is 0 Å². The smallest absolute Gasteiger partial charge is 0.218 e. The van der Waals surface area contributed by atoms with Crippen molar-refractivity contribution in [1.82, 2.24) is 15.3 Å². The van der Waals surface area contributed by atoms with E-state index < -0.39 is 0 Å². The molecule has 0 fully saturated rings. The first-order chi connectivity index (χ1) is 10.1. The Morgan fingerprint density at radius 3 is 2.76 bits per heavy atom. The van der Waals surface area contributed by atoms with Crippen LogP contribution >= 0.6 is 31.9 Å². The van der Waals surface area contributed by atoms with E-state index in [1.165, 1.54) is 0 Å². The van der Waals surface area contributed by atoms with Crippen LogP contribution in [0.5, 0.6) is 5.88 Å². The van der Waals surface area contributed by atoms with Crippen LogP contribution in [0.3, 0.4) is 0 Å². The van der Waals surface area contributed by atoms with Crippen LogP contribution in [0.1, 0.15) is 25.1 Å². The highest BCUT2D eigenvalue weighted by Crippen LogP contribution is 2.20. The fourth-order valence-corrected chi connectivity index (χ4v) is 2.90. The highest BCUT2D eigenvalue weighted by atomic mass is 79.9. The second kappa shape index (κ2) is 7.87. The highest BCUT2D eigenvalue weighted by Gasteiger charge is 2.07. The number of nitrogens with one attached hydrogen (secondary N) is 1. The standard InChI is InChI=1S/C15H17Br2N3O/c1-10(2)21-15-11(4-3-5-19-15)7-18-9-14-13(17)6-12(16)8-20-14/h3-6,8,10,18H,7,9H2,1-2H3. The summed E-state index contributed by atoms with van der Waals surface area (Å²) in [6.07, 6.45) is 3.65. The minimum Gasteiger partial charge on any atom is -0.475 e. The van der Waals surface area contributed by atoms with Crippen molar-refractivity contribution in [2.45, 2.75) is 33.0 Å². The molecular formula is C15H17Br2N3O. The minimum atomic E-state index is 0.112. The third kappa shape index (κ3) is 5.05. The molecule has 6 heteroatoms. The quantitative estimate of drug-likeness (QED) is 0.773. The van der Waals surface area contributed by atoms with E-state index >= 15 is 0 Å². The molecule has 0 radical (unpaired) electrons. The fourth-order valence-electron chi connectivity index (χ4n) is 1.78. The lowest BCUT2D eigenvalue weighted by molar-refractivity contribution is 0.229. The number of hydrogen-bond acceptors (Lipinski definition) is 4. The Morgan fingerprint density at radius 2 is 2.05 bits per heavy atom. The van der Waals surface area contributed by atoms with Gasteiger partial charge in [0.15, 0.2) is 0 Å². The molecule has 2 aromatic rings. The molecule has 0 aliphatic heterocycles. The maximum Gasteiger partial charge on any atom is 0.218 e. The summed E-state index contributed by atoms with van der Waals surface area (Å²) in [6.45, 7) is 5.34. The molecule has 0 aromatic carbocycles. The van der Waals surface area contributed by atoms with Crippen molar-refractivity contribution < 1.29 is 4.74 Å². The molecule has 0 atom stereocenters. The molecule has 1 N–H and O–H groups in total. The molecule has 0 spiro atoms. The van der Waals surface area contributed by atoms with Gasteiger partial charge in [-0.25, -0.2) is 4.98 Å². The predicted molar refractivity (Wildman–Crippen MR) is 90.2 cm³/mol. The largest absolute Gasteiger partial charge is 0.475 e. The molecule has 4 nitrogen and oxygen atoms in total. The van der Waals surface area contributed by atoms with Crippen LogP contribution in [0.4, 0.5) is 0 Å². The van der Waals surface area contributed by atoms with E-state index in [-0.39, 0.29) is 6.10 Å². The van der Waals surface area contributed by atoms with Crippen molar-refractivity contribution in [2.24, 2.45) is 0 Å². The van der Waals surface area contributed by atoms with Crippen molar-refractivity contribution in [3.8, 4) is 5.88 Å². The number of rotatable bonds is 6. The number of aromatic nitrogens is 2. The second-order valence-electron chi connectivity index (χ2n) is 4.82. The van der Waals surface area contributed by atoms with Crippen LogP contribution in [-0.2, 0) is 13.1 Å². The first-order valence-corrected chi connectivity index (χ1v) is 8.26. The molecule has 0 saturated heterocycles. The van der Waals surface area contributed by atoms with Crippen LogP contribution in [0.25, 0.3) is 0 Å². The fraction of sp³-hybridized carbons (Fsp3) is 0.333. The molecule has 2 aromatic heterocycles. The molecule has 2 heterocycles. The molecule has 21 heavy (non-hydrogen) atoms. The van der Waals surface area contributed by atoms with Gasteiger partial charge in [-0.05, 0) is 57.8 Å². The minimum absolute atomic E-state index is 0.112. The Balaban J connectivity index is 1.97. The first kappa shape index (κ1) is 16.4. The summed E-state index contributed by atoms with van der Waals surface area (Å²) in [4.78, 5) is 8.66. The van der Waals surface area contributed by atoms with Crippen molar-refractivity contribution in [1.29, 1.82) is 0 Å². The van der Waals surface area contributed by atoms with Gasteiger partial charge in [0.2, 0.25) is 5.88 Å². The van der Waals surface area contributed by atoms with Gasteiger partial charge in [0.05, 0.1) is 11.8 Å². The topological polar surface area (TPSA) is 47.0 Å². The summed E-state index contributed by atoms with van der Waals surface area (Å²) in [6, 6.07) is 5.92. The van der Waals surface area contributed by atoms with Gasteiger partial charge >= 0.3 is 0 Å². The molecule has 0 saturated carbocycles. The number of ether oxygens (including phenoxy) is 1. The van der Waals surface area contributed by atoms with Gasteiger partial charge in [-0.3, -0.25) is 4.98 Å². The Kier molecular flexibility index (Phi) is 6.14. The maximum atomic E-state index is 5.71. The number of nitrogens with zero attached hydrogens (tertiary/aromatic N) is 2.